The van der Waals surface area contributed by atoms with Gasteiger partial charge in [-0.05, 0) is 17.7 Å². The van der Waals surface area contributed by atoms with Crippen molar-refractivity contribution in [1.29, 1.82) is 0 Å². The van der Waals surface area contributed by atoms with Crippen LogP contribution < -0.4 is 10.1 Å². The van der Waals surface area contributed by atoms with Gasteiger partial charge in [0.05, 0.1) is 17.6 Å². The van der Waals surface area contributed by atoms with Gasteiger partial charge in [0, 0.05) is 6.54 Å². The van der Waals surface area contributed by atoms with Crippen molar-refractivity contribution in [2.24, 2.45) is 0 Å². The number of aliphatic hydroxyl groups is 1. The molecule has 6 nitrogen and oxygen atoms in total. The summed E-state index contributed by atoms with van der Waals surface area (Å²) in [4.78, 5) is 10.6. The SMILES string of the molecule is O=[N+]([O-])c1cc(OCc2ccccc2)ccc1NCCO. The summed E-state index contributed by atoms with van der Waals surface area (Å²) in [5, 5.41) is 22.6. The topological polar surface area (TPSA) is 84.6 Å². The largest absolute Gasteiger partial charge is 0.489 e. The highest BCUT2D eigenvalue weighted by molar-refractivity contribution is 5.63. The van der Waals surface area contributed by atoms with Crippen LogP contribution in [0.3, 0.4) is 0 Å². The third kappa shape index (κ3) is 4.19. The highest BCUT2D eigenvalue weighted by atomic mass is 16.6. The van der Waals surface area contributed by atoms with Crippen LogP contribution in [-0.2, 0) is 6.61 Å². The molecule has 0 saturated heterocycles. The second-order valence-corrected chi connectivity index (χ2v) is 4.36. The highest BCUT2D eigenvalue weighted by Crippen LogP contribution is 2.29. The maximum atomic E-state index is 11.1. The van der Waals surface area contributed by atoms with Crippen molar-refractivity contribution in [2.45, 2.75) is 6.61 Å². The quantitative estimate of drug-likeness (QED) is 0.604. The predicted molar refractivity (Wildman–Crippen MR) is 79.4 cm³/mol. The van der Waals surface area contributed by atoms with E-state index in [4.69, 9.17) is 9.84 Å². The fourth-order valence-corrected chi connectivity index (χ4v) is 1.83. The third-order valence-corrected chi connectivity index (χ3v) is 2.84. The molecule has 2 N–H and O–H groups in total. The molecule has 6 heteroatoms. The molecule has 2 aromatic rings. The van der Waals surface area contributed by atoms with Gasteiger partial charge < -0.3 is 15.2 Å². The van der Waals surface area contributed by atoms with Crippen molar-refractivity contribution in [2.75, 3.05) is 18.5 Å². The van der Waals surface area contributed by atoms with E-state index in [-0.39, 0.29) is 18.8 Å². The fraction of sp³-hybridized carbons (Fsp3) is 0.200. The van der Waals surface area contributed by atoms with Crippen LogP contribution >= 0.6 is 0 Å². The van der Waals surface area contributed by atoms with E-state index < -0.39 is 4.92 Å². The van der Waals surface area contributed by atoms with Crippen molar-refractivity contribution >= 4 is 11.4 Å². The number of aliphatic hydroxyl groups excluding tert-OH is 1. The molecule has 0 radical (unpaired) electrons. The van der Waals surface area contributed by atoms with Crippen LogP contribution in [0.25, 0.3) is 0 Å². The molecule has 0 spiro atoms. The molecule has 0 saturated carbocycles. The fourth-order valence-electron chi connectivity index (χ4n) is 1.83. The van der Waals surface area contributed by atoms with Gasteiger partial charge in [-0.2, -0.15) is 0 Å². The Balaban J connectivity index is 2.10. The smallest absolute Gasteiger partial charge is 0.296 e. The van der Waals surface area contributed by atoms with Gasteiger partial charge in [0.25, 0.3) is 5.69 Å². The number of benzene rings is 2. The van der Waals surface area contributed by atoms with E-state index in [1.54, 1.807) is 12.1 Å². The zero-order chi connectivity index (χ0) is 15.1. The van der Waals surface area contributed by atoms with Crippen LogP contribution in [0.5, 0.6) is 5.75 Å². The van der Waals surface area contributed by atoms with Crippen molar-refractivity contribution in [1.82, 2.24) is 0 Å². The Morgan fingerprint density at radius 3 is 2.62 bits per heavy atom. The van der Waals surface area contributed by atoms with Crippen molar-refractivity contribution in [3.05, 3.63) is 64.2 Å². The molecule has 0 amide bonds. The normalized spacial score (nSPS) is 10.1. The number of nitrogens with one attached hydrogen (secondary N) is 1. The Labute approximate surface area is 122 Å². The van der Waals surface area contributed by atoms with Crippen LogP contribution in [0.1, 0.15) is 5.56 Å². The summed E-state index contributed by atoms with van der Waals surface area (Å²) in [6.07, 6.45) is 0. The zero-order valence-corrected chi connectivity index (χ0v) is 11.4. The van der Waals surface area contributed by atoms with E-state index in [0.29, 0.717) is 18.0 Å². The molecule has 0 heterocycles. The van der Waals surface area contributed by atoms with E-state index in [0.717, 1.165) is 5.56 Å². The summed E-state index contributed by atoms with van der Waals surface area (Å²) < 4.78 is 5.56. The Kier molecular flexibility index (Phi) is 5.11. The summed E-state index contributed by atoms with van der Waals surface area (Å²) in [7, 11) is 0. The number of nitrogens with zero attached hydrogens (tertiary/aromatic N) is 1. The molecule has 0 aliphatic carbocycles. The van der Waals surface area contributed by atoms with Gasteiger partial charge in [-0.1, -0.05) is 30.3 Å². The van der Waals surface area contributed by atoms with E-state index in [9.17, 15) is 10.1 Å². The van der Waals surface area contributed by atoms with Crippen molar-refractivity contribution in [3.8, 4) is 5.75 Å². The first-order valence-electron chi connectivity index (χ1n) is 6.50. The van der Waals surface area contributed by atoms with Gasteiger partial charge >= 0.3 is 0 Å². The standard InChI is InChI=1S/C15H16N2O4/c18-9-8-16-14-7-6-13(10-15(14)17(19)20)21-11-12-4-2-1-3-5-12/h1-7,10,16,18H,8-9,11H2. The lowest BCUT2D eigenvalue weighted by Gasteiger charge is -2.09. The minimum Gasteiger partial charge on any atom is -0.489 e. The molecule has 0 aliphatic heterocycles. The van der Waals surface area contributed by atoms with Crippen LogP contribution in [0, 0.1) is 10.1 Å². The number of hydrogen-bond donors (Lipinski definition) is 2. The molecular formula is C15H16N2O4. The summed E-state index contributed by atoms with van der Waals surface area (Å²) in [5.41, 5.74) is 1.28. The lowest BCUT2D eigenvalue weighted by Crippen LogP contribution is -2.07. The third-order valence-electron chi connectivity index (χ3n) is 2.84. The van der Waals surface area contributed by atoms with Gasteiger partial charge in [-0.25, -0.2) is 0 Å². The number of nitro benzene ring substituents is 1. The molecule has 0 unspecified atom stereocenters. The highest BCUT2D eigenvalue weighted by Gasteiger charge is 2.14. The number of nitro groups is 1. The minimum atomic E-state index is -0.477. The number of anilines is 1. The molecule has 110 valence electrons. The van der Waals surface area contributed by atoms with Gasteiger partial charge in [0.15, 0.2) is 0 Å². The Bertz CT molecular complexity index is 602. The second-order valence-electron chi connectivity index (χ2n) is 4.36. The zero-order valence-electron chi connectivity index (χ0n) is 11.4. The lowest BCUT2D eigenvalue weighted by atomic mass is 10.2. The molecule has 0 atom stereocenters. The molecule has 21 heavy (non-hydrogen) atoms. The van der Waals surface area contributed by atoms with E-state index in [1.165, 1.54) is 6.07 Å². The van der Waals surface area contributed by atoms with Gasteiger partial charge in [0.1, 0.15) is 18.0 Å². The first kappa shape index (κ1) is 14.8. The van der Waals surface area contributed by atoms with E-state index >= 15 is 0 Å². The summed E-state index contributed by atoms with van der Waals surface area (Å²) in [6, 6.07) is 14.2. The summed E-state index contributed by atoms with van der Waals surface area (Å²) in [5.74, 6) is 0.431. The Hall–Kier alpha value is -2.60. The monoisotopic (exact) mass is 288 g/mol. The first-order valence-corrected chi connectivity index (χ1v) is 6.50. The molecule has 0 aromatic heterocycles. The lowest BCUT2D eigenvalue weighted by molar-refractivity contribution is -0.384. The average Bonchev–Trinajstić information content (AvgIpc) is 2.52. The average molecular weight is 288 g/mol. The van der Waals surface area contributed by atoms with E-state index in [2.05, 4.69) is 5.32 Å². The van der Waals surface area contributed by atoms with Crippen LogP contribution in [-0.4, -0.2) is 23.2 Å². The molecular weight excluding hydrogens is 272 g/mol. The van der Waals surface area contributed by atoms with Crippen LogP contribution in [0.15, 0.2) is 48.5 Å². The summed E-state index contributed by atoms with van der Waals surface area (Å²) in [6.45, 7) is 0.510. The minimum absolute atomic E-state index is 0.0750. The second kappa shape index (κ2) is 7.25. The van der Waals surface area contributed by atoms with Gasteiger partial charge in [0.2, 0.25) is 0 Å². The number of rotatable bonds is 7. The Morgan fingerprint density at radius 2 is 1.95 bits per heavy atom. The van der Waals surface area contributed by atoms with Crippen molar-refractivity contribution in [3.63, 3.8) is 0 Å². The Morgan fingerprint density at radius 1 is 1.19 bits per heavy atom. The maximum absolute atomic E-state index is 11.1. The number of ether oxygens (including phenoxy) is 1. The van der Waals surface area contributed by atoms with Crippen molar-refractivity contribution < 1.29 is 14.8 Å². The van der Waals surface area contributed by atoms with Crippen LogP contribution in [0.4, 0.5) is 11.4 Å². The number of hydrogen-bond acceptors (Lipinski definition) is 5. The van der Waals surface area contributed by atoms with Crippen LogP contribution in [0.2, 0.25) is 0 Å². The van der Waals surface area contributed by atoms with Gasteiger partial charge in [-0.3, -0.25) is 10.1 Å². The molecule has 2 rings (SSSR count). The molecule has 0 bridgehead atoms. The molecule has 0 aliphatic rings. The molecule has 0 fully saturated rings. The summed E-state index contributed by atoms with van der Waals surface area (Å²) >= 11 is 0. The maximum Gasteiger partial charge on any atom is 0.296 e. The molecule has 2 aromatic carbocycles. The van der Waals surface area contributed by atoms with Gasteiger partial charge in [-0.15, -0.1) is 0 Å². The van der Waals surface area contributed by atoms with E-state index in [1.807, 2.05) is 30.3 Å². The first-order chi connectivity index (χ1) is 10.2. The predicted octanol–water partition coefficient (Wildman–Crippen LogP) is 2.58.